The molecule has 1 unspecified atom stereocenters. The Labute approximate surface area is 127 Å². The third kappa shape index (κ3) is 9.32. The van der Waals surface area contributed by atoms with Gasteiger partial charge in [-0.15, -0.1) is 0 Å². The number of carbonyl (C=O) groups excluding carboxylic acids is 2. The molecule has 122 valence electrons. The van der Waals surface area contributed by atoms with Crippen LogP contribution in [0, 0.1) is 0 Å². The summed E-state index contributed by atoms with van der Waals surface area (Å²) in [5.74, 6) is -1.49. The standard InChI is InChI=1S/C8H8O3.C6H10O5/c9-8(10)11-6-7-4-2-1-3-5-7;1-10-5(8)3-4(7)6(9)11-2/h1-5H,6H2,(H,9,10);4,7H,3H2,1-2H3. The zero-order valence-electron chi connectivity index (χ0n) is 12.2. The van der Waals surface area contributed by atoms with Crippen LogP contribution in [0.15, 0.2) is 30.3 Å². The van der Waals surface area contributed by atoms with Crippen LogP contribution < -0.4 is 0 Å². The van der Waals surface area contributed by atoms with Gasteiger partial charge in [0.2, 0.25) is 0 Å². The van der Waals surface area contributed by atoms with Crippen LogP contribution in [-0.4, -0.2) is 48.6 Å². The summed E-state index contributed by atoms with van der Waals surface area (Å²) in [4.78, 5) is 30.9. The first-order valence-electron chi connectivity index (χ1n) is 6.13. The summed E-state index contributed by atoms with van der Waals surface area (Å²) in [5.41, 5.74) is 0.856. The smallest absolute Gasteiger partial charge is 0.469 e. The van der Waals surface area contributed by atoms with Gasteiger partial charge in [-0.25, -0.2) is 9.59 Å². The van der Waals surface area contributed by atoms with Crippen LogP contribution in [0.25, 0.3) is 0 Å². The molecule has 0 aliphatic rings. The summed E-state index contributed by atoms with van der Waals surface area (Å²) >= 11 is 0. The molecule has 0 bridgehead atoms. The van der Waals surface area contributed by atoms with Crippen molar-refractivity contribution >= 4 is 18.1 Å². The van der Waals surface area contributed by atoms with Crippen LogP contribution in [0.3, 0.4) is 0 Å². The molecule has 2 N–H and O–H groups in total. The first-order valence-corrected chi connectivity index (χ1v) is 6.13. The molecule has 0 amide bonds. The highest BCUT2D eigenvalue weighted by molar-refractivity contribution is 5.81. The van der Waals surface area contributed by atoms with Crippen molar-refractivity contribution in [2.75, 3.05) is 14.2 Å². The van der Waals surface area contributed by atoms with Crippen LogP contribution in [0.4, 0.5) is 4.79 Å². The Balaban J connectivity index is 0.000000401. The minimum Gasteiger partial charge on any atom is -0.469 e. The molecule has 8 nitrogen and oxygen atoms in total. The fourth-order valence-corrected chi connectivity index (χ4v) is 1.18. The molecule has 0 saturated carbocycles. The van der Waals surface area contributed by atoms with Gasteiger partial charge in [0.25, 0.3) is 0 Å². The summed E-state index contributed by atoms with van der Waals surface area (Å²) in [7, 11) is 2.30. The molecule has 1 rings (SSSR count). The number of esters is 2. The number of ether oxygens (including phenoxy) is 3. The summed E-state index contributed by atoms with van der Waals surface area (Å²) in [6, 6.07) is 9.15. The number of carbonyl (C=O) groups is 3. The van der Waals surface area contributed by atoms with Crippen LogP contribution >= 0.6 is 0 Å². The highest BCUT2D eigenvalue weighted by Crippen LogP contribution is 1.99. The minimum absolute atomic E-state index is 0.121. The molecule has 0 aliphatic carbocycles. The molecule has 1 aromatic rings. The Morgan fingerprint density at radius 1 is 1.09 bits per heavy atom. The lowest BCUT2D eigenvalue weighted by Gasteiger charge is -2.05. The SMILES string of the molecule is COC(=O)CC(O)C(=O)OC.O=C(O)OCc1ccccc1. The number of hydrogen-bond donors (Lipinski definition) is 2. The topological polar surface area (TPSA) is 119 Å². The molecule has 8 heteroatoms. The van der Waals surface area contributed by atoms with Crippen LogP contribution in [0.5, 0.6) is 0 Å². The van der Waals surface area contributed by atoms with E-state index in [9.17, 15) is 14.4 Å². The van der Waals surface area contributed by atoms with Crippen molar-refractivity contribution in [3.05, 3.63) is 35.9 Å². The number of methoxy groups -OCH3 is 2. The fourth-order valence-electron chi connectivity index (χ4n) is 1.18. The second kappa shape index (κ2) is 11.1. The van der Waals surface area contributed by atoms with E-state index in [2.05, 4.69) is 14.2 Å². The van der Waals surface area contributed by atoms with Gasteiger partial charge < -0.3 is 24.4 Å². The number of aliphatic hydroxyl groups excluding tert-OH is 1. The zero-order chi connectivity index (χ0) is 17.0. The Morgan fingerprint density at radius 3 is 2.14 bits per heavy atom. The first-order chi connectivity index (χ1) is 10.4. The Hall–Kier alpha value is -2.61. The fraction of sp³-hybridized carbons (Fsp3) is 0.357. The first kappa shape index (κ1) is 19.4. The highest BCUT2D eigenvalue weighted by atomic mass is 16.7. The Kier molecular flexibility index (Phi) is 9.78. The van der Waals surface area contributed by atoms with Crippen LogP contribution in [-0.2, 0) is 30.4 Å². The Morgan fingerprint density at radius 2 is 1.68 bits per heavy atom. The van der Waals surface area contributed by atoms with E-state index < -0.39 is 24.2 Å². The van der Waals surface area contributed by atoms with Crippen molar-refractivity contribution in [3.63, 3.8) is 0 Å². The molecule has 0 fully saturated rings. The van der Waals surface area contributed by atoms with E-state index in [0.717, 1.165) is 12.7 Å². The lowest BCUT2D eigenvalue weighted by atomic mass is 10.2. The van der Waals surface area contributed by atoms with E-state index >= 15 is 0 Å². The van der Waals surface area contributed by atoms with Gasteiger partial charge in [-0.3, -0.25) is 4.79 Å². The van der Waals surface area contributed by atoms with E-state index in [0.29, 0.717) is 0 Å². The average molecular weight is 314 g/mol. The number of rotatable bonds is 5. The van der Waals surface area contributed by atoms with Crippen molar-refractivity contribution < 1.29 is 38.8 Å². The monoisotopic (exact) mass is 314 g/mol. The van der Waals surface area contributed by atoms with Gasteiger partial charge in [0.05, 0.1) is 20.6 Å². The number of carboxylic acid groups (broad SMARTS) is 1. The van der Waals surface area contributed by atoms with Crippen LogP contribution in [0.2, 0.25) is 0 Å². The average Bonchev–Trinajstić information content (AvgIpc) is 2.53. The van der Waals surface area contributed by atoms with Gasteiger partial charge in [0.15, 0.2) is 6.10 Å². The summed E-state index contributed by atoms with van der Waals surface area (Å²) in [6.45, 7) is 0.121. The van der Waals surface area contributed by atoms with Gasteiger partial charge in [-0.1, -0.05) is 30.3 Å². The molecular weight excluding hydrogens is 296 g/mol. The molecule has 22 heavy (non-hydrogen) atoms. The largest absolute Gasteiger partial charge is 0.506 e. The molecular formula is C14H18O8. The number of aliphatic hydroxyl groups is 1. The van der Waals surface area contributed by atoms with Gasteiger partial charge in [-0.05, 0) is 5.56 Å². The highest BCUT2D eigenvalue weighted by Gasteiger charge is 2.19. The van der Waals surface area contributed by atoms with Gasteiger partial charge in [0, 0.05) is 0 Å². The number of benzene rings is 1. The summed E-state index contributed by atoms with van der Waals surface area (Å²) < 4.78 is 12.7. The second-order valence-corrected chi connectivity index (χ2v) is 3.86. The third-order valence-electron chi connectivity index (χ3n) is 2.27. The lowest BCUT2D eigenvalue weighted by Crippen LogP contribution is -2.25. The van der Waals surface area contributed by atoms with E-state index in [1.165, 1.54) is 7.11 Å². The lowest BCUT2D eigenvalue weighted by molar-refractivity contribution is -0.156. The third-order valence-corrected chi connectivity index (χ3v) is 2.27. The Bertz CT molecular complexity index is 471. The molecule has 1 aromatic carbocycles. The van der Waals surface area contributed by atoms with Crippen molar-refractivity contribution in [2.24, 2.45) is 0 Å². The van der Waals surface area contributed by atoms with Crippen molar-refractivity contribution in [2.45, 2.75) is 19.1 Å². The molecule has 0 saturated heterocycles. The van der Waals surface area contributed by atoms with E-state index in [1.54, 1.807) is 0 Å². The maximum atomic E-state index is 10.5. The van der Waals surface area contributed by atoms with E-state index in [1.807, 2.05) is 30.3 Å². The predicted molar refractivity (Wildman–Crippen MR) is 73.9 cm³/mol. The van der Waals surface area contributed by atoms with Crippen LogP contribution in [0.1, 0.15) is 12.0 Å². The summed E-state index contributed by atoms with van der Waals surface area (Å²) in [6.07, 6.45) is -3.04. The molecule has 0 radical (unpaired) electrons. The zero-order valence-corrected chi connectivity index (χ0v) is 12.2. The molecule has 0 aromatic heterocycles. The molecule has 0 spiro atoms. The minimum atomic E-state index is -1.42. The molecule has 0 aliphatic heterocycles. The maximum absolute atomic E-state index is 10.5. The van der Waals surface area contributed by atoms with Crippen molar-refractivity contribution in [1.82, 2.24) is 0 Å². The summed E-state index contributed by atoms with van der Waals surface area (Å²) in [5, 5.41) is 17.0. The van der Waals surface area contributed by atoms with E-state index in [4.69, 9.17) is 10.2 Å². The molecule has 0 heterocycles. The normalized spacial score (nSPS) is 10.5. The number of hydrogen-bond acceptors (Lipinski definition) is 7. The van der Waals surface area contributed by atoms with Gasteiger partial charge in [-0.2, -0.15) is 0 Å². The van der Waals surface area contributed by atoms with E-state index in [-0.39, 0.29) is 13.0 Å². The van der Waals surface area contributed by atoms with Crippen molar-refractivity contribution in [3.8, 4) is 0 Å². The van der Waals surface area contributed by atoms with Crippen molar-refractivity contribution in [1.29, 1.82) is 0 Å². The maximum Gasteiger partial charge on any atom is 0.506 e. The van der Waals surface area contributed by atoms with Gasteiger partial charge >= 0.3 is 18.1 Å². The predicted octanol–water partition coefficient (Wildman–Crippen LogP) is 0.965. The van der Waals surface area contributed by atoms with Gasteiger partial charge in [0.1, 0.15) is 6.61 Å². The second-order valence-electron chi connectivity index (χ2n) is 3.86. The quantitative estimate of drug-likeness (QED) is 0.609. The molecule has 1 atom stereocenters.